The highest BCUT2D eigenvalue weighted by atomic mass is 16.3. The molecule has 0 saturated heterocycles. The molecule has 1 aromatic carbocycles. The Labute approximate surface area is 127 Å². The second kappa shape index (κ2) is 4.49. The van der Waals surface area contributed by atoms with Gasteiger partial charge < -0.3 is 10.2 Å². The van der Waals surface area contributed by atoms with Crippen molar-refractivity contribution in [2.45, 2.75) is 69.8 Å². The first-order valence-electron chi connectivity index (χ1n) is 8.54. The molecule has 0 unspecified atom stereocenters. The molecule has 1 aromatic rings. The van der Waals surface area contributed by atoms with Crippen LogP contribution in [0.1, 0.15) is 63.0 Å². The number of aliphatic hydroxyl groups excluding tert-OH is 1. The van der Waals surface area contributed by atoms with Crippen molar-refractivity contribution in [3.8, 4) is 5.75 Å². The van der Waals surface area contributed by atoms with Crippen molar-refractivity contribution >= 4 is 0 Å². The lowest BCUT2D eigenvalue weighted by molar-refractivity contribution is -0.0114. The van der Waals surface area contributed by atoms with Gasteiger partial charge in [0, 0.05) is 0 Å². The highest BCUT2D eigenvalue weighted by Gasteiger charge is 2.54. The van der Waals surface area contributed by atoms with Gasteiger partial charge in [-0.2, -0.15) is 0 Å². The minimum atomic E-state index is -0.0947. The Balaban J connectivity index is 1.72. The number of fused-ring (bicyclic) bond motifs is 3. The van der Waals surface area contributed by atoms with Crippen molar-refractivity contribution in [1.82, 2.24) is 0 Å². The minimum Gasteiger partial charge on any atom is -0.508 e. The zero-order valence-corrected chi connectivity index (χ0v) is 12.9. The number of hydrogen-bond donors (Lipinski definition) is 2. The Bertz CT molecular complexity index is 567. The van der Waals surface area contributed by atoms with E-state index in [1.165, 1.54) is 43.2 Å². The molecule has 2 N–H and O–H groups in total. The van der Waals surface area contributed by atoms with E-state index in [0.29, 0.717) is 17.1 Å². The third kappa shape index (κ3) is 1.88. The standard InChI is InChI=1S/C19H26O2/c1-18-9-10-19(12-14(18)4-7-17(18)21)8-2-3-13-11-15(20)5-6-16(13)19/h5-6,11,14,17,20-21H,2-4,7-10,12H2,1H3/t14-,17+,18+,19+/m1/s1. The van der Waals surface area contributed by atoms with Crippen LogP contribution < -0.4 is 0 Å². The summed E-state index contributed by atoms with van der Waals surface area (Å²) in [5, 5.41) is 20.1. The van der Waals surface area contributed by atoms with Crippen LogP contribution in [-0.4, -0.2) is 16.3 Å². The number of aromatic hydroxyl groups is 1. The zero-order valence-electron chi connectivity index (χ0n) is 12.9. The highest BCUT2D eigenvalue weighted by Crippen LogP contribution is 2.60. The molecule has 2 saturated carbocycles. The van der Waals surface area contributed by atoms with Gasteiger partial charge in [-0.3, -0.25) is 0 Å². The summed E-state index contributed by atoms with van der Waals surface area (Å²) in [6.45, 7) is 2.31. The van der Waals surface area contributed by atoms with E-state index in [1.54, 1.807) is 0 Å². The van der Waals surface area contributed by atoms with Crippen molar-refractivity contribution in [3.63, 3.8) is 0 Å². The molecule has 3 aliphatic carbocycles. The van der Waals surface area contributed by atoms with E-state index in [9.17, 15) is 10.2 Å². The number of benzene rings is 1. The molecule has 0 bridgehead atoms. The lowest BCUT2D eigenvalue weighted by atomic mass is 9.54. The van der Waals surface area contributed by atoms with Crippen molar-refractivity contribution in [1.29, 1.82) is 0 Å². The van der Waals surface area contributed by atoms with Crippen molar-refractivity contribution in [2.24, 2.45) is 11.3 Å². The molecule has 21 heavy (non-hydrogen) atoms. The van der Waals surface area contributed by atoms with Gasteiger partial charge >= 0.3 is 0 Å². The number of hydrogen-bond acceptors (Lipinski definition) is 2. The maximum atomic E-state index is 10.4. The SMILES string of the molecule is C[C@]12CC[C@@]3(CCCc4cc(O)ccc43)C[C@H]1CC[C@@H]2O. The van der Waals surface area contributed by atoms with Gasteiger partial charge in [0.25, 0.3) is 0 Å². The van der Waals surface area contributed by atoms with Gasteiger partial charge in [0.2, 0.25) is 0 Å². The van der Waals surface area contributed by atoms with Crippen LogP contribution in [-0.2, 0) is 11.8 Å². The molecule has 1 spiro atoms. The average Bonchev–Trinajstić information content (AvgIpc) is 2.75. The fraction of sp³-hybridized carbons (Fsp3) is 0.684. The van der Waals surface area contributed by atoms with Gasteiger partial charge in [-0.25, -0.2) is 0 Å². The quantitative estimate of drug-likeness (QED) is 0.758. The van der Waals surface area contributed by atoms with Crippen LogP contribution in [0.2, 0.25) is 0 Å². The average molecular weight is 286 g/mol. The van der Waals surface area contributed by atoms with E-state index in [-0.39, 0.29) is 11.5 Å². The second-order valence-corrected chi connectivity index (χ2v) is 7.98. The molecule has 0 aliphatic heterocycles. The molecule has 0 radical (unpaired) electrons. The van der Waals surface area contributed by atoms with Crippen LogP contribution in [0.25, 0.3) is 0 Å². The summed E-state index contributed by atoms with van der Waals surface area (Å²) in [4.78, 5) is 0. The van der Waals surface area contributed by atoms with Crippen LogP contribution in [0.3, 0.4) is 0 Å². The fourth-order valence-electron chi connectivity index (χ4n) is 5.61. The van der Waals surface area contributed by atoms with Crippen molar-refractivity contribution < 1.29 is 10.2 Å². The van der Waals surface area contributed by atoms with Crippen molar-refractivity contribution in [2.75, 3.05) is 0 Å². The van der Waals surface area contributed by atoms with Crippen LogP contribution in [0.5, 0.6) is 5.75 Å². The van der Waals surface area contributed by atoms with Crippen LogP contribution in [0.4, 0.5) is 0 Å². The monoisotopic (exact) mass is 286 g/mol. The van der Waals surface area contributed by atoms with E-state index in [0.717, 1.165) is 19.3 Å². The van der Waals surface area contributed by atoms with E-state index in [1.807, 2.05) is 12.1 Å². The van der Waals surface area contributed by atoms with Gasteiger partial charge in [-0.05, 0) is 91.4 Å². The van der Waals surface area contributed by atoms with E-state index < -0.39 is 0 Å². The zero-order chi connectivity index (χ0) is 14.7. The maximum Gasteiger partial charge on any atom is 0.115 e. The summed E-state index contributed by atoms with van der Waals surface area (Å²) in [6.07, 6.45) is 9.30. The first-order chi connectivity index (χ1) is 10.0. The van der Waals surface area contributed by atoms with Crippen LogP contribution in [0.15, 0.2) is 18.2 Å². The Kier molecular flexibility index (Phi) is 2.91. The van der Waals surface area contributed by atoms with Crippen LogP contribution >= 0.6 is 0 Å². The predicted octanol–water partition coefficient (Wildman–Crippen LogP) is 3.93. The molecule has 0 heterocycles. The number of phenols is 1. The van der Waals surface area contributed by atoms with E-state index in [4.69, 9.17) is 0 Å². The molecule has 114 valence electrons. The Hall–Kier alpha value is -1.02. The van der Waals surface area contributed by atoms with Gasteiger partial charge in [0.1, 0.15) is 5.75 Å². The topological polar surface area (TPSA) is 40.5 Å². The summed E-state index contributed by atoms with van der Waals surface area (Å²) in [7, 11) is 0. The van der Waals surface area contributed by atoms with E-state index in [2.05, 4.69) is 13.0 Å². The molecule has 0 aromatic heterocycles. The number of aliphatic hydroxyl groups is 1. The Morgan fingerprint density at radius 2 is 2.00 bits per heavy atom. The molecule has 4 rings (SSSR count). The smallest absolute Gasteiger partial charge is 0.115 e. The van der Waals surface area contributed by atoms with Crippen LogP contribution in [0, 0.1) is 11.3 Å². The Morgan fingerprint density at radius 1 is 1.14 bits per heavy atom. The predicted molar refractivity (Wildman–Crippen MR) is 83.4 cm³/mol. The molecule has 2 fully saturated rings. The molecule has 2 nitrogen and oxygen atoms in total. The lowest BCUT2D eigenvalue weighted by Crippen LogP contribution is -2.45. The highest BCUT2D eigenvalue weighted by molar-refractivity contribution is 5.42. The lowest BCUT2D eigenvalue weighted by Gasteiger charge is -2.51. The third-order valence-electron chi connectivity index (χ3n) is 7.02. The summed E-state index contributed by atoms with van der Waals surface area (Å²) in [5.74, 6) is 1.07. The molecule has 0 amide bonds. The molecular weight excluding hydrogens is 260 g/mol. The first kappa shape index (κ1) is 13.6. The summed E-state index contributed by atoms with van der Waals surface area (Å²) in [6, 6.07) is 6.02. The normalized spacial score (nSPS) is 41.8. The molecule has 2 heteroatoms. The van der Waals surface area contributed by atoms with E-state index >= 15 is 0 Å². The summed E-state index contributed by atoms with van der Waals surface area (Å²) < 4.78 is 0. The molecular formula is C19H26O2. The van der Waals surface area contributed by atoms with Gasteiger partial charge in [0.05, 0.1) is 6.10 Å². The second-order valence-electron chi connectivity index (χ2n) is 7.98. The minimum absolute atomic E-state index is 0.0947. The number of rotatable bonds is 0. The Morgan fingerprint density at radius 3 is 2.86 bits per heavy atom. The summed E-state index contributed by atoms with van der Waals surface area (Å²) >= 11 is 0. The number of aryl methyl sites for hydroxylation is 1. The first-order valence-corrected chi connectivity index (χ1v) is 8.54. The molecule has 4 atom stereocenters. The van der Waals surface area contributed by atoms with Gasteiger partial charge in [-0.1, -0.05) is 13.0 Å². The summed E-state index contributed by atoms with van der Waals surface area (Å²) in [5.41, 5.74) is 3.33. The van der Waals surface area contributed by atoms with Crippen molar-refractivity contribution in [3.05, 3.63) is 29.3 Å². The largest absolute Gasteiger partial charge is 0.508 e. The molecule has 3 aliphatic rings. The maximum absolute atomic E-state index is 10.4. The van der Waals surface area contributed by atoms with Gasteiger partial charge in [0.15, 0.2) is 0 Å². The fourth-order valence-corrected chi connectivity index (χ4v) is 5.61. The number of phenolic OH excluding ortho intramolecular Hbond substituents is 1. The third-order valence-corrected chi connectivity index (χ3v) is 7.02. The van der Waals surface area contributed by atoms with Gasteiger partial charge in [-0.15, -0.1) is 0 Å².